The van der Waals surface area contributed by atoms with Gasteiger partial charge in [-0.05, 0) is 39.3 Å². The van der Waals surface area contributed by atoms with E-state index in [0.29, 0.717) is 6.04 Å². The summed E-state index contributed by atoms with van der Waals surface area (Å²) in [5.74, 6) is 0. The predicted molar refractivity (Wildman–Crippen MR) is 68.8 cm³/mol. The number of likely N-dealkylation sites (N-methyl/N-ethyl adjacent to an activating group) is 1. The van der Waals surface area contributed by atoms with E-state index in [-0.39, 0.29) is 0 Å². The Kier molecular flexibility index (Phi) is 7.01. The van der Waals surface area contributed by atoms with Gasteiger partial charge in [0.25, 0.3) is 0 Å². The molecule has 1 saturated heterocycles. The molecule has 2 atom stereocenters. The van der Waals surface area contributed by atoms with E-state index in [0.717, 1.165) is 25.6 Å². The highest BCUT2D eigenvalue weighted by atomic mass is 16.5. The van der Waals surface area contributed by atoms with Crippen molar-refractivity contribution in [2.24, 2.45) is 0 Å². The lowest BCUT2D eigenvalue weighted by Gasteiger charge is -2.35. The molecule has 3 heteroatoms. The molecule has 1 aliphatic rings. The van der Waals surface area contributed by atoms with Gasteiger partial charge < -0.3 is 10.1 Å². The van der Waals surface area contributed by atoms with Gasteiger partial charge in [-0.15, -0.1) is 0 Å². The molecule has 0 amide bonds. The smallest absolute Gasteiger partial charge is 0.0476 e. The lowest BCUT2D eigenvalue weighted by molar-refractivity contribution is 0.145. The Morgan fingerprint density at radius 1 is 1.44 bits per heavy atom. The normalized spacial score (nSPS) is 24.6. The van der Waals surface area contributed by atoms with Crippen LogP contribution in [0.4, 0.5) is 0 Å². The number of rotatable bonds is 7. The Morgan fingerprint density at radius 3 is 2.94 bits per heavy atom. The Labute approximate surface area is 101 Å². The van der Waals surface area contributed by atoms with E-state index < -0.39 is 0 Å². The number of ether oxygens (including phenoxy) is 1. The van der Waals surface area contributed by atoms with Gasteiger partial charge in [0, 0.05) is 32.3 Å². The van der Waals surface area contributed by atoms with Crippen molar-refractivity contribution >= 4 is 0 Å². The van der Waals surface area contributed by atoms with Crippen LogP contribution in [-0.4, -0.2) is 50.3 Å². The second-order valence-electron chi connectivity index (χ2n) is 4.87. The summed E-state index contributed by atoms with van der Waals surface area (Å²) >= 11 is 0. The number of piperidine rings is 1. The van der Waals surface area contributed by atoms with E-state index in [4.69, 9.17) is 4.74 Å². The number of hydrogen-bond acceptors (Lipinski definition) is 3. The second-order valence-corrected chi connectivity index (χ2v) is 4.87. The zero-order valence-corrected chi connectivity index (χ0v) is 11.2. The molecule has 96 valence electrons. The molecular weight excluding hydrogens is 200 g/mol. The van der Waals surface area contributed by atoms with E-state index in [1.807, 2.05) is 0 Å². The van der Waals surface area contributed by atoms with Crippen LogP contribution < -0.4 is 5.32 Å². The molecule has 0 aromatic heterocycles. The molecular formula is C13H28N2O. The van der Waals surface area contributed by atoms with Crippen molar-refractivity contribution in [1.82, 2.24) is 10.2 Å². The average molecular weight is 228 g/mol. The van der Waals surface area contributed by atoms with Crippen molar-refractivity contribution in [3.63, 3.8) is 0 Å². The second kappa shape index (κ2) is 8.04. The maximum Gasteiger partial charge on any atom is 0.0476 e. The first-order valence-corrected chi connectivity index (χ1v) is 6.74. The first-order chi connectivity index (χ1) is 7.77. The molecule has 3 nitrogen and oxygen atoms in total. The zero-order valence-electron chi connectivity index (χ0n) is 11.2. The van der Waals surface area contributed by atoms with Gasteiger partial charge in [0.2, 0.25) is 0 Å². The molecule has 16 heavy (non-hydrogen) atoms. The third-order valence-electron chi connectivity index (χ3n) is 3.61. The van der Waals surface area contributed by atoms with Crippen LogP contribution in [0.1, 0.15) is 39.5 Å². The van der Waals surface area contributed by atoms with Gasteiger partial charge in [-0.25, -0.2) is 0 Å². The van der Waals surface area contributed by atoms with E-state index in [1.165, 1.54) is 32.4 Å². The van der Waals surface area contributed by atoms with E-state index in [2.05, 4.69) is 24.1 Å². The molecule has 1 fully saturated rings. The fourth-order valence-corrected chi connectivity index (χ4v) is 2.44. The Morgan fingerprint density at radius 2 is 2.25 bits per heavy atom. The first-order valence-electron chi connectivity index (χ1n) is 6.74. The average Bonchev–Trinajstić information content (AvgIpc) is 2.34. The summed E-state index contributed by atoms with van der Waals surface area (Å²) < 4.78 is 5.10. The summed E-state index contributed by atoms with van der Waals surface area (Å²) in [6, 6.07) is 1.32. The molecule has 0 saturated carbocycles. The minimum Gasteiger partial charge on any atom is -0.385 e. The standard InChI is InChI=1S/C13H28N2O/c1-4-15-9-6-5-7-13(15)11-14-12(2)8-10-16-3/h12-14H,4-11H2,1-3H3. The molecule has 0 aromatic rings. The summed E-state index contributed by atoms with van der Waals surface area (Å²) in [6.07, 6.45) is 5.24. The van der Waals surface area contributed by atoms with Crippen molar-refractivity contribution in [2.45, 2.75) is 51.6 Å². The van der Waals surface area contributed by atoms with Crippen LogP contribution in [-0.2, 0) is 4.74 Å². The molecule has 2 unspecified atom stereocenters. The summed E-state index contributed by atoms with van der Waals surface area (Å²) in [6.45, 7) is 8.99. The summed E-state index contributed by atoms with van der Waals surface area (Å²) in [7, 11) is 1.77. The van der Waals surface area contributed by atoms with Crippen molar-refractivity contribution < 1.29 is 4.74 Å². The molecule has 0 aliphatic carbocycles. The van der Waals surface area contributed by atoms with E-state index in [1.54, 1.807) is 7.11 Å². The zero-order chi connectivity index (χ0) is 11.8. The van der Waals surface area contributed by atoms with Gasteiger partial charge in [-0.2, -0.15) is 0 Å². The number of methoxy groups -OCH3 is 1. The highest BCUT2D eigenvalue weighted by Crippen LogP contribution is 2.15. The number of hydrogen-bond donors (Lipinski definition) is 1. The van der Waals surface area contributed by atoms with Crippen molar-refractivity contribution in [1.29, 1.82) is 0 Å². The van der Waals surface area contributed by atoms with Crippen molar-refractivity contribution in [3.8, 4) is 0 Å². The third kappa shape index (κ3) is 4.81. The maximum absolute atomic E-state index is 5.10. The molecule has 0 aromatic carbocycles. The molecule has 0 bridgehead atoms. The summed E-state index contributed by atoms with van der Waals surface area (Å²) in [5.41, 5.74) is 0. The minimum absolute atomic E-state index is 0.570. The predicted octanol–water partition coefficient (Wildman–Crippen LogP) is 1.88. The van der Waals surface area contributed by atoms with Crippen LogP contribution in [0.15, 0.2) is 0 Å². The van der Waals surface area contributed by atoms with Crippen molar-refractivity contribution in [3.05, 3.63) is 0 Å². The van der Waals surface area contributed by atoms with Gasteiger partial charge in [-0.1, -0.05) is 13.3 Å². The molecule has 0 radical (unpaired) electrons. The molecule has 1 aliphatic heterocycles. The molecule has 1 rings (SSSR count). The topological polar surface area (TPSA) is 24.5 Å². The van der Waals surface area contributed by atoms with Gasteiger partial charge >= 0.3 is 0 Å². The van der Waals surface area contributed by atoms with Gasteiger partial charge in [0.05, 0.1) is 0 Å². The number of nitrogens with zero attached hydrogens (tertiary/aromatic N) is 1. The Balaban J connectivity index is 2.18. The van der Waals surface area contributed by atoms with Crippen LogP contribution in [0, 0.1) is 0 Å². The summed E-state index contributed by atoms with van der Waals surface area (Å²) in [4.78, 5) is 2.61. The fraction of sp³-hybridized carbons (Fsp3) is 1.00. The Hall–Kier alpha value is -0.120. The summed E-state index contributed by atoms with van der Waals surface area (Å²) in [5, 5.41) is 3.63. The van der Waals surface area contributed by atoms with Crippen molar-refractivity contribution in [2.75, 3.05) is 33.4 Å². The lowest BCUT2D eigenvalue weighted by atomic mass is 10.0. The molecule has 1 heterocycles. The maximum atomic E-state index is 5.10. The van der Waals surface area contributed by atoms with E-state index >= 15 is 0 Å². The molecule has 1 N–H and O–H groups in total. The van der Waals surface area contributed by atoms with Crippen LogP contribution in [0.2, 0.25) is 0 Å². The van der Waals surface area contributed by atoms with Crippen LogP contribution in [0.25, 0.3) is 0 Å². The monoisotopic (exact) mass is 228 g/mol. The minimum atomic E-state index is 0.570. The highest BCUT2D eigenvalue weighted by Gasteiger charge is 2.20. The quantitative estimate of drug-likeness (QED) is 0.720. The Bertz CT molecular complexity index is 175. The number of likely N-dealkylation sites (tertiary alicyclic amines) is 1. The molecule has 0 spiro atoms. The fourth-order valence-electron chi connectivity index (χ4n) is 2.44. The van der Waals surface area contributed by atoms with E-state index in [9.17, 15) is 0 Å². The lowest BCUT2D eigenvalue weighted by Crippen LogP contribution is -2.47. The number of nitrogens with one attached hydrogen (secondary N) is 1. The SMILES string of the molecule is CCN1CCCCC1CNC(C)CCOC. The van der Waals surface area contributed by atoms with Crippen LogP contribution >= 0.6 is 0 Å². The van der Waals surface area contributed by atoms with Crippen LogP contribution in [0.3, 0.4) is 0 Å². The first kappa shape index (κ1) is 13.9. The van der Waals surface area contributed by atoms with Crippen LogP contribution in [0.5, 0.6) is 0 Å². The highest BCUT2D eigenvalue weighted by molar-refractivity contribution is 4.79. The van der Waals surface area contributed by atoms with Gasteiger partial charge in [-0.3, -0.25) is 4.90 Å². The third-order valence-corrected chi connectivity index (χ3v) is 3.61. The van der Waals surface area contributed by atoms with Gasteiger partial charge in [0.15, 0.2) is 0 Å². The van der Waals surface area contributed by atoms with Gasteiger partial charge in [0.1, 0.15) is 0 Å². The largest absolute Gasteiger partial charge is 0.385 e.